The third kappa shape index (κ3) is 7.29. The molecule has 3 amide bonds. The highest BCUT2D eigenvalue weighted by molar-refractivity contribution is 5.99. The van der Waals surface area contributed by atoms with Crippen molar-refractivity contribution in [2.45, 2.75) is 6.54 Å². The summed E-state index contributed by atoms with van der Waals surface area (Å²) in [5.74, 6) is -0.787. The molecular weight excluding hydrogens is 453 g/mol. The van der Waals surface area contributed by atoms with Gasteiger partial charge in [-0.15, -0.1) is 0 Å². The van der Waals surface area contributed by atoms with Gasteiger partial charge in [0, 0.05) is 12.2 Å². The largest absolute Gasteiger partial charge is 0.497 e. The van der Waals surface area contributed by atoms with Crippen molar-refractivity contribution in [2.75, 3.05) is 32.6 Å². The van der Waals surface area contributed by atoms with Crippen LogP contribution in [0.5, 0.6) is 11.5 Å². The molecule has 8 nitrogen and oxygen atoms in total. The van der Waals surface area contributed by atoms with Gasteiger partial charge in [0.1, 0.15) is 23.9 Å². The van der Waals surface area contributed by atoms with Crippen molar-refractivity contribution in [1.82, 2.24) is 10.2 Å². The van der Waals surface area contributed by atoms with Gasteiger partial charge in [-0.3, -0.25) is 14.4 Å². The van der Waals surface area contributed by atoms with Crippen LogP contribution >= 0.6 is 0 Å². The topological polar surface area (TPSA) is 97.0 Å². The molecule has 3 rings (SSSR count). The monoisotopic (exact) mass is 479 g/mol. The Bertz CT molecular complexity index is 1170. The molecule has 0 heterocycles. The maximum absolute atomic E-state index is 13.3. The van der Waals surface area contributed by atoms with Crippen molar-refractivity contribution in [3.63, 3.8) is 0 Å². The van der Waals surface area contributed by atoms with Crippen LogP contribution in [-0.4, -0.2) is 49.9 Å². The predicted molar refractivity (Wildman–Crippen MR) is 129 cm³/mol. The van der Waals surface area contributed by atoms with E-state index in [0.29, 0.717) is 22.7 Å². The molecule has 2 N–H and O–H groups in total. The van der Waals surface area contributed by atoms with Crippen molar-refractivity contribution in [3.8, 4) is 11.5 Å². The molecule has 35 heavy (non-hydrogen) atoms. The summed E-state index contributed by atoms with van der Waals surface area (Å²) < 4.78 is 23.7. The highest BCUT2D eigenvalue weighted by Crippen LogP contribution is 2.20. The second-order valence-corrected chi connectivity index (χ2v) is 7.54. The van der Waals surface area contributed by atoms with Gasteiger partial charge in [-0.2, -0.15) is 0 Å². The lowest BCUT2D eigenvalue weighted by Crippen LogP contribution is -2.42. The van der Waals surface area contributed by atoms with Gasteiger partial charge in [0.05, 0.1) is 26.3 Å². The molecule has 9 heteroatoms. The number of halogens is 1. The van der Waals surface area contributed by atoms with Gasteiger partial charge in [-0.05, 0) is 54.1 Å². The van der Waals surface area contributed by atoms with Gasteiger partial charge < -0.3 is 25.0 Å². The number of hydrogen-bond donors (Lipinski definition) is 2. The minimum absolute atomic E-state index is 0.0582. The summed E-state index contributed by atoms with van der Waals surface area (Å²) in [5, 5.41) is 5.19. The van der Waals surface area contributed by atoms with Crippen molar-refractivity contribution >= 4 is 23.4 Å². The minimum Gasteiger partial charge on any atom is -0.497 e. The Morgan fingerprint density at radius 1 is 0.857 bits per heavy atom. The first kappa shape index (κ1) is 25.2. The summed E-state index contributed by atoms with van der Waals surface area (Å²) in [7, 11) is 2.99. The molecule has 0 aliphatic heterocycles. The van der Waals surface area contributed by atoms with Crippen molar-refractivity contribution in [3.05, 3.63) is 89.7 Å². The second kappa shape index (κ2) is 12.2. The van der Waals surface area contributed by atoms with E-state index < -0.39 is 23.5 Å². The first-order valence-electron chi connectivity index (χ1n) is 10.8. The number of anilines is 1. The number of hydrogen-bond acceptors (Lipinski definition) is 5. The fourth-order valence-electron chi connectivity index (χ4n) is 3.29. The third-order valence-electron chi connectivity index (χ3n) is 5.07. The summed E-state index contributed by atoms with van der Waals surface area (Å²) >= 11 is 0. The molecule has 0 aliphatic rings. The molecule has 0 radical (unpaired) electrons. The van der Waals surface area contributed by atoms with Crippen LogP contribution < -0.4 is 20.1 Å². The van der Waals surface area contributed by atoms with Gasteiger partial charge in [0.25, 0.3) is 5.91 Å². The van der Waals surface area contributed by atoms with Crippen LogP contribution in [0, 0.1) is 5.82 Å². The van der Waals surface area contributed by atoms with E-state index in [9.17, 15) is 18.8 Å². The van der Waals surface area contributed by atoms with E-state index in [1.165, 1.54) is 36.3 Å². The molecule has 3 aromatic rings. The number of amides is 3. The highest BCUT2D eigenvalue weighted by Gasteiger charge is 2.22. The van der Waals surface area contributed by atoms with Crippen molar-refractivity contribution in [2.24, 2.45) is 0 Å². The Morgan fingerprint density at radius 2 is 1.54 bits per heavy atom. The molecule has 0 saturated heterocycles. The van der Waals surface area contributed by atoms with E-state index in [-0.39, 0.29) is 25.2 Å². The zero-order chi connectivity index (χ0) is 25.2. The first-order chi connectivity index (χ1) is 16.9. The number of rotatable bonds is 10. The Labute approximate surface area is 202 Å². The minimum atomic E-state index is -0.528. The quantitative estimate of drug-likeness (QED) is 0.465. The second-order valence-electron chi connectivity index (χ2n) is 7.54. The fraction of sp³-hybridized carbons (Fsp3) is 0.192. The number of nitrogens with one attached hydrogen (secondary N) is 2. The van der Waals surface area contributed by atoms with Crippen molar-refractivity contribution in [1.29, 1.82) is 0 Å². The smallest absolute Gasteiger partial charge is 0.258 e. The number of benzene rings is 3. The lowest BCUT2D eigenvalue weighted by molar-refractivity contribution is -0.124. The molecule has 0 saturated carbocycles. The SMILES string of the molecule is COc1ccc(NC(=O)CNC(=O)CN(Cc2ccc(F)cc2)C(=O)c2ccccc2OC)cc1. The molecule has 3 aromatic carbocycles. The van der Waals surface area contributed by atoms with Crippen LogP contribution in [0.15, 0.2) is 72.8 Å². The summed E-state index contributed by atoms with van der Waals surface area (Å²) in [4.78, 5) is 39.4. The number of ether oxygens (including phenoxy) is 2. The summed E-state index contributed by atoms with van der Waals surface area (Å²) in [6.45, 7) is -0.537. The van der Waals surface area contributed by atoms with E-state index in [1.807, 2.05) is 0 Å². The number of carbonyl (C=O) groups is 3. The molecule has 0 aromatic heterocycles. The Hall–Kier alpha value is -4.40. The van der Waals surface area contributed by atoms with Crippen LogP contribution in [-0.2, 0) is 16.1 Å². The van der Waals surface area contributed by atoms with Gasteiger partial charge in [-0.25, -0.2) is 4.39 Å². The Balaban J connectivity index is 1.66. The van der Waals surface area contributed by atoms with Crippen LogP contribution in [0.25, 0.3) is 0 Å². The lowest BCUT2D eigenvalue weighted by atomic mass is 10.1. The average Bonchev–Trinajstić information content (AvgIpc) is 2.88. The van der Waals surface area contributed by atoms with Crippen LogP contribution in [0.3, 0.4) is 0 Å². The zero-order valence-corrected chi connectivity index (χ0v) is 19.4. The molecule has 182 valence electrons. The van der Waals surface area contributed by atoms with E-state index >= 15 is 0 Å². The number of carbonyl (C=O) groups excluding carboxylic acids is 3. The molecule has 0 bridgehead atoms. The zero-order valence-electron chi connectivity index (χ0n) is 19.4. The van der Waals surface area contributed by atoms with Crippen LogP contribution in [0.1, 0.15) is 15.9 Å². The van der Waals surface area contributed by atoms with E-state index in [4.69, 9.17) is 9.47 Å². The van der Waals surface area contributed by atoms with Gasteiger partial charge in [0.15, 0.2) is 0 Å². The van der Waals surface area contributed by atoms with Gasteiger partial charge in [0.2, 0.25) is 11.8 Å². The Kier molecular flexibility index (Phi) is 8.77. The third-order valence-corrected chi connectivity index (χ3v) is 5.07. The molecule has 0 unspecified atom stereocenters. The van der Waals surface area contributed by atoms with Crippen LogP contribution in [0.4, 0.5) is 10.1 Å². The molecule has 0 atom stereocenters. The number of nitrogens with zero attached hydrogens (tertiary/aromatic N) is 1. The number of methoxy groups -OCH3 is 2. The normalized spacial score (nSPS) is 10.3. The summed E-state index contributed by atoms with van der Waals surface area (Å²) in [5.41, 5.74) is 1.47. The highest BCUT2D eigenvalue weighted by atomic mass is 19.1. The standard InChI is InChI=1S/C26H26FN3O5/c1-34-21-13-11-20(12-14-21)29-24(31)15-28-25(32)17-30(16-18-7-9-19(27)10-8-18)26(33)22-5-3-4-6-23(22)35-2/h3-14H,15-17H2,1-2H3,(H,28,32)(H,29,31). The first-order valence-corrected chi connectivity index (χ1v) is 10.8. The van der Waals surface area contributed by atoms with Gasteiger partial charge in [-0.1, -0.05) is 24.3 Å². The van der Waals surface area contributed by atoms with Crippen LogP contribution in [0.2, 0.25) is 0 Å². The summed E-state index contributed by atoms with van der Waals surface area (Å²) in [6.07, 6.45) is 0. The Morgan fingerprint density at radius 3 is 2.20 bits per heavy atom. The fourth-order valence-corrected chi connectivity index (χ4v) is 3.29. The maximum Gasteiger partial charge on any atom is 0.258 e. The van der Waals surface area contributed by atoms with E-state index in [2.05, 4.69) is 10.6 Å². The van der Waals surface area contributed by atoms with E-state index in [0.717, 1.165) is 0 Å². The molecule has 0 spiro atoms. The summed E-state index contributed by atoms with van der Waals surface area (Å²) in [6, 6.07) is 19.1. The van der Waals surface area contributed by atoms with Crippen molar-refractivity contribution < 1.29 is 28.2 Å². The average molecular weight is 480 g/mol. The molecule has 0 aliphatic carbocycles. The molecular formula is C26H26FN3O5. The van der Waals surface area contributed by atoms with E-state index in [1.54, 1.807) is 55.6 Å². The maximum atomic E-state index is 13.3. The predicted octanol–water partition coefficient (Wildman–Crippen LogP) is 3.24. The lowest BCUT2D eigenvalue weighted by Gasteiger charge is -2.23. The van der Waals surface area contributed by atoms with Gasteiger partial charge >= 0.3 is 0 Å². The molecule has 0 fully saturated rings. The number of para-hydroxylation sites is 1.